The van der Waals surface area contributed by atoms with Gasteiger partial charge in [0, 0.05) is 24.7 Å². The Morgan fingerprint density at radius 3 is 2.62 bits per heavy atom. The average molecular weight is 290 g/mol. The van der Waals surface area contributed by atoms with E-state index in [-0.39, 0.29) is 17.9 Å². The van der Waals surface area contributed by atoms with E-state index in [9.17, 15) is 9.90 Å². The van der Waals surface area contributed by atoms with Crippen LogP contribution in [0, 0.1) is 5.41 Å². The molecule has 0 radical (unpaired) electrons. The van der Waals surface area contributed by atoms with E-state index in [1.165, 1.54) is 19.3 Å². The lowest BCUT2D eigenvalue weighted by atomic mass is 9.74. The summed E-state index contributed by atoms with van der Waals surface area (Å²) in [6.45, 7) is 1.01. The lowest BCUT2D eigenvalue weighted by molar-refractivity contribution is -0.119. The Hall–Kier alpha value is -1.55. The van der Waals surface area contributed by atoms with Gasteiger partial charge in [0.25, 0.3) is 0 Å². The molecule has 0 aromatic heterocycles. The molecule has 4 nitrogen and oxygen atoms in total. The van der Waals surface area contributed by atoms with E-state index in [1.54, 1.807) is 7.05 Å². The van der Waals surface area contributed by atoms with Gasteiger partial charge in [-0.1, -0.05) is 37.5 Å². The number of aliphatic hydroxyl groups excluding tert-OH is 1. The monoisotopic (exact) mass is 290 g/mol. The van der Waals surface area contributed by atoms with E-state index in [4.69, 9.17) is 0 Å². The Morgan fingerprint density at radius 1 is 1.24 bits per heavy atom. The Morgan fingerprint density at radius 2 is 1.95 bits per heavy atom. The summed E-state index contributed by atoms with van der Waals surface area (Å²) in [4.78, 5) is 11.6. The molecule has 116 valence electrons. The molecule has 0 atom stereocenters. The quantitative estimate of drug-likeness (QED) is 0.753. The molecule has 4 heteroatoms. The highest BCUT2D eigenvalue weighted by atomic mass is 16.3. The van der Waals surface area contributed by atoms with Gasteiger partial charge in [0.15, 0.2) is 0 Å². The summed E-state index contributed by atoms with van der Waals surface area (Å²) in [5, 5.41) is 15.9. The fourth-order valence-electron chi connectivity index (χ4n) is 3.08. The number of rotatable bonds is 6. The number of carbonyl (C=O) groups excluding carboxylic acids is 1. The maximum atomic E-state index is 11.6. The maximum absolute atomic E-state index is 11.6. The number of benzene rings is 1. The van der Waals surface area contributed by atoms with Crippen LogP contribution in [0.2, 0.25) is 0 Å². The van der Waals surface area contributed by atoms with Crippen LogP contribution in [0.4, 0.5) is 5.69 Å². The molecule has 1 aromatic rings. The molecular formula is C17H26N2O2. The second-order valence-corrected chi connectivity index (χ2v) is 6.08. The summed E-state index contributed by atoms with van der Waals surface area (Å²) >= 11 is 0. The van der Waals surface area contributed by atoms with Crippen molar-refractivity contribution in [3.05, 3.63) is 29.8 Å². The minimum absolute atomic E-state index is 0.00161. The third-order valence-corrected chi connectivity index (χ3v) is 4.55. The minimum Gasteiger partial charge on any atom is -0.396 e. The van der Waals surface area contributed by atoms with Crippen LogP contribution in [0.15, 0.2) is 24.3 Å². The number of carbonyl (C=O) groups is 1. The summed E-state index contributed by atoms with van der Waals surface area (Å²) in [5.74, 6) is 0.0128. The first kappa shape index (κ1) is 15.8. The van der Waals surface area contributed by atoms with Gasteiger partial charge < -0.3 is 15.7 Å². The van der Waals surface area contributed by atoms with Gasteiger partial charge >= 0.3 is 0 Å². The first-order valence-corrected chi connectivity index (χ1v) is 7.82. The molecule has 0 aliphatic heterocycles. The van der Waals surface area contributed by atoms with Gasteiger partial charge in [0.1, 0.15) is 0 Å². The molecule has 1 fully saturated rings. The normalized spacial score (nSPS) is 17.2. The average Bonchev–Trinajstić information content (AvgIpc) is 2.55. The van der Waals surface area contributed by atoms with Crippen molar-refractivity contribution in [3.8, 4) is 0 Å². The topological polar surface area (TPSA) is 61.4 Å². The zero-order chi connectivity index (χ0) is 15.1. The third-order valence-electron chi connectivity index (χ3n) is 4.55. The number of nitrogens with one attached hydrogen (secondary N) is 2. The number of para-hydroxylation sites is 1. The van der Waals surface area contributed by atoms with Crippen LogP contribution < -0.4 is 10.6 Å². The molecule has 1 aliphatic carbocycles. The molecule has 1 amide bonds. The molecule has 1 saturated carbocycles. The molecule has 0 unspecified atom stereocenters. The largest absolute Gasteiger partial charge is 0.396 e. The first-order valence-electron chi connectivity index (χ1n) is 7.82. The van der Waals surface area contributed by atoms with E-state index < -0.39 is 0 Å². The molecule has 3 N–H and O–H groups in total. The zero-order valence-electron chi connectivity index (χ0n) is 12.8. The van der Waals surface area contributed by atoms with Crippen molar-refractivity contribution in [1.82, 2.24) is 5.32 Å². The number of hydrogen-bond donors (Lipinski definition) is 3. The Kier molecular flexibility index (Phi) is 5.62. The predicted molar refractivity (Wildman–Crippen MR) is 85.3 cm³/mol. The predicted octanol–water partition coefficient (Wildman–Crippen LogP) is 2.33. The Bertz CT molecular complexity index is 468. The van der Waals surface area contributed by atoms with Gasteiger partial charge in [0.05, 0.1) is 13.0 Å². The highest BCUT2D eigenvalue weighted by Crippen LogP contribution is 2.36. The summed E-state index contributed by atoms with van der Waals surface area (Å²) in [6, 6.07) is 7.91. The highest BCUT2D eigenvalue weighted by molar-refractivity contribution is 5.80. The van der Waals surface area contributed by atoms with Gasteiger partial charge in [-0.05, 0) is 24.5 Å². The Balaban J connectivity index is 2.03. The zero-order valence-corrected chi connectivity index (χ0v) is 12.8. The van der Waals surface area contributed by atoms with Crippen LogP contribution in [0.1, 0.15) is 37.7 Å². The number of anilines is 1. The fraction of sp³-hybridized carbons (Fsp3) is 0.588. The van der Waals surface area contributed by atoms with Crippen molar-refractivity contribution in [2.45, 2.75) is 38.5 Å². The molecule has 0 saturated heterocycles. The second-order valence-electron chi connectivity index (χ2n) is 6.08. The van der Waals surface area contributed by atoms with Crippen LogP contribution in [-0.2, 0) is 11.2 Å². The minimum atomic E-state index is -0.00161. The highest BCUT2D eigenvalue weighted by Gasteiger charge is 2.31. The summed E-state index contributed by atoms with van der Waals surface area (Å²) in [5.41, 5.74) is 2.00. The number of amides is 1. The van der Waals surface area contributed by atoms with E-state index in [1.807, 2.05) is 24.3 Å². The van der Waals surface area contributed by atoms with Crippen molar-refractivity contribution < 1.29 is 9.90 Å². The van der Waals surface area contributed by atoms with Crippen molar-refractivity contribution >= 4 is 11.6 Å². The van der Waals surface area contributed by atoms with Crippen LogP contribution in [-0.4, -0.2) is 31.2 Å². The Labute approximate surface area is 126 Å². The van der Waals surface area contributed by atoms with E-state index in [0.29, 0.717) is 6.42 Å². The van der Waals surface area contributed by atoms with Gasteiger partial charge in [-0.25, -0.2) is 0 Å². The smallest absolute Gasteiger partial charge is 0.224 e. The van der Waals surface area contributed by atoms with E-state index >= 15 is 0 Å². The lowest BCUT2D eigenvalue weighted by Crippen LogP contribution is -2.35. The van der Waals surface area contributed by atoms with Gasteiger partial charge in [-0.15, -0.1) is 0 Å². The molecule has 1 aromatic carbocycles. The number of aliphatic hydroxyl groups is 1. The molecular weight excluding hydrogens is 264 g/mol. The molecule has 0 heterocycles. The van der Waals surface area contributed by atoms with Gasteiger partial charge in [0.2, 0.25) is 5.91 Å². The molecule has 0 bridgehead atoms. The van der Waals surface area contributed by atoms with Crippen LogP contribution in [0.5, 0.6) is 0 Å². The standard InChI is InChI=1S/C17H26N2O2/c1-18-16(21)11-14-7-3-4-8-15(14)19-12-17(13-20)9-5-2-6-10-17/h3-4,7-8,19-20H,2,5-6,9-13H2,1H3,(H,18,21). The van der Waals surface area contributed by atoms with E-state index in [0.717, 1.165) is 30.6 Å². The third kappa shape index (κ3) is 4.21. The van der Waals surface area contributed by atoms with Crippen molar-refractivity contribution in [2.75, 3.05) is 25.5 Å². The number of hydrogen-bond acceptors (Lipinski definition) is 3. The van der Waals surface area contributed by atoms with Gasteiger partial charge in [-0.2, -0.15) is 0 Å². The summed E-state index contributed by atoms with van der Waals surface area (Å²) in [6.07, 6.45) is 6.20. The summed E-state index contributed by atoms with van der Waals surface area (Å²) < 4.78 is 0. The SMILES string of the molecule is CNC(=O)Cc1ccccc1NCC1(CO)CCCCC1. The van der Waals surface area contributed by atoms with Crippen LogP contribution in [0.3, 0.4) is 0 Å². The molecule has 21 heavy (non-hydrogen) atoms. The van der Waals surface area contributed by atoms with Crippen LogP contribution in [0.25, 0.3) is 0 Å². The van der Waals surface area contributed by atoms with Crippen molar-refractivity contribution in [1.29, 1.82) is 0 Å². The van der Waals surface area contributed by atoms with E-state index in [2.05, 4.69) is 10.6 Å². The van der Waals surface area contributed by atoms with Gasteiger partial charge in [-0.3, -0.25) is 4.79 Å². The van der Waals surface area contributed by atoms with Crippen molar-refractivity contribution in [3.63, 3.8) is 0 Å². The maximum Gasteiger partial charge on any atom is 0.224 e. The lowest BCUT2D eigenvalue weighted by Gasteiger charge is -2.36. The number of likely N-dealkylation sites (N-methyl/N-ethyl adjacent to an activating group) is 1. The summed E-state index contributed by atoms with van der Waals surface area (Å²) in [7, 11) is 1.65. The second kappa shape index (κ2) is 7.46. The molecule has 0 spiro atoms. The first-order chi connectivity index (χ1) is 10.2. The van der Waals surface area contributed by atoms with Crippen molar-refractivity contribution in [2.24, 2.45) is 5.41 Å². The molecule has 2 rings (SSSR count). The van der Waals surface area contributed by atoms with Crippen LogP contribution >= 0.6 is 0 Å². The fourth-order valence-corrected chi connectivity index (χ4v) is 3.08. The molecule has 1 aliphatic rings.